The van der Waals surface area contributed by atoms with E-state index < -0.39 is 29.4 Å². The molecule has 1 saturated carbocycles. The molecule has 1 fully saturated rings. The molecule has 0 spiro atoms. The first-order valence-corrected chi connectivity index (χ1v) is 13.5. The lowest BCUT2D eigenvalue weighted by Gasteiger charge is -2.28. The SMILES string of the molecule is COC(=O)CC1CCC(c2ccc(NC(=O)CCNC(=O)c3nc(-c4ccc(Cl)cc4)oc3C(F)(F)F)cc2)CC1. The number of hydrogen-bond acceptors (Lipinski definition) is 6. The number of hydrogen-bond donors (Lipinski definition) is 2. The number of benzene rings is 2. The van der Waals surface area contributed by atoms with Gasteiger partial charge in [0.1, 0.15) is 0 Å². The van der Waals surface area contributed by atoms with Gasteiger partial charge >= 0.3 is 12.1 Å². The van der Waals surface area contributed by atoms with Crippen molar-refractivity contribution < 1.29 is 36.7 Å². The summed E-state index contributed by atoms with van der Waals surface area (Å²) in [5.74, 6) is -2.90. The van der Waals surface area contributed by atoms with Gasteiger partial charge in [0.2, 0.25) is 17.6 Å². The maximum Gasteiger partial charge on any atom is 0.452 e. The highest BCUT2D eigenvalue weighted by Crippen LogP contribution is 2.38. The van der Waals surface area contributed by atoms with Gasteiger partial charge in [0.25, 0.3) is 5.91 Å². The quantitative estimate of drug-likeness (QED) is 0.271. The fourth-order valence-corrected chi connectivity index (χ4v) is 4.96. The van der Waals surface area contributed by atoms with Crippen molar-refractivity contribution in [2.24, 2.45) is 5.92 Å². The molecule has 3 aromatic rings. The average Bonchev–Trinajstić information content (AvgIpc) is 3.41. The summed E-state index contributed by atoms with van der Waals surface area (Å²) < 4.78 is 50.1. The summed E-state index contributed by atoms with van der Waals surface area (Å²) in [6, 6.07) is 13.2. The number of rotatable bonds is 9. The van der Waals surface area contributed by atoms with Crippen LogP contribution in [-0.2, 0) is 20.5 Å². The first kappa shape index (κ1) is 30.1. The lowest BCUT2D eigenvalue weighted by molar-refractivity contribution is -0.153. The summed E-state index contributed by atoms with van der Waals surface area (Å²) in [6.07, 6.45) is -0.833. The second-order valence-corrected chi connectivity index (χ2v) is 10.3. The number of alkyl halides is 3. The van der Waals surface area contributed by atoms with E-state index >= 15 is 0 Å². The highest BCUT2D eigenvalue weighted by Gasteiger charge is 2.42. The number of nitrogens with zero attached hydrogens (tertiary/aromatic N) is 1. The third kappa shape index (κ3) is 8.09. The van der Waals surface area contributed by atoms with Gasteiger partial charge in [0.15, 0.2) is 5.69 Å². The lowest BCUT2D eigenvalue weighted by Crippen LogP contribution is -2.29. The van der Waals surface area contributed by atoms with Crippen LogP contribution in [0.5, 0.6) is 0 Å². The van der Waals surface area contributed by atoms with Crippen LogP contribution in [0, 0.1) is 5.92 Å². The zero-order valence-electron chi connectivity index (χ0n) is 22.2. The Morgan fingerprint density at radius 1 is 1.02 bits per heavy atom. The van der Waals surface area contributed by atoms with Gasteiger partial charge in [-0.05, 0) is 79.5 Å². The number of ether oxygens (including phenoxy) is 1. The largest absolute Gasteiger partial charge is 0.469 e. The fraction of sp³-hybridized carbons (Fsp3) is 0.379. The number of carbonyl (C=O) groups is 3. The fourth-order valence-electron chi connectivity index (χ4n) is 4.84. The van der Waals surface area contributed by atoms with E-state index in [2.05, 4.69) is 15.6 Å². The molecule has 0 aliphatic heterocycles. The van der Waals surface area contributed by atoms with E-state index in [-0.39, 0.29) is 30.4 Å². The molecule has 41 heavy (non-hydrogen) atoms. The van der Waals surface area contributed by atoms with Gasteiger partial charge in [-0.1, -0.05) is 23.7 Å². The average molecular weight is 592 g/mol. The molecule has 0 radical (unpaired) electrons. The molecule has 1 aliphatic carbocycles. The van der Waals surface area contributed by atoms with Gasteiger partial charge in [0, 0.05) is 35.7 Å². The summed E-state index contributed by atoms with van der Waals surface area (Å²) in [4.78, 5) is 40.1. The molecule has 218 valence electrons. The third-order valence-corrected chi connectivity index (χ3v) is 7.28. The van der Waals surface area contributed by atoms with Gasteiger partial charge in [-0.2, -0.15) is 13.2 Å². The molecule has 0 saturated heterocycles. The van der Waals surface area contributed by atoms with Crippen molar-refractivity contribution in [2.45, 2.75) is 50.6 Å². The van der Waals surface area contributed by atoms with Gasteiger partial charge < -0.3 is 19.8 Å². The van der Waals surface area contributed by atoms with Crippen LogP contribution >= 0.6 is 11.6 Å². The number of anilines is 1. The molecule has 1 heterocycles. The first-order chi connectivity index (χ1) is 19.5. The smallest absolute Gasteiger partial charge is 0.452 e. The van der Waals surface area contributed by atoms with Crippen molar-refractivity contribution in [1.29, 1.82) is 0 Å². The molecule has 0 atom stereocenters. The predicted octanol–water partition coefficient (Wildman–Crippen LogP) is 6.61. The lowest BCUT2D eigenvalue weighted by atomic mass is 9.77. The topological polar surface area (TPSA) is 111 Å². The predicted molar refractivity (Wildman–Crippen MR) is 145 cm³/mol. The highest BCUT2D eigenvalue weighted by atomic mass is 35.5. The molecule has 1 aromatic heterocycles. The van der Waals surface area contributed by atoms with Crippen LogP contribution in [0.2, 0.25) is 5.02 Å². The number of amides is 2. The molecular weight excluding hydrogens is 563 g/mol. The standard InChI is InChI=1S/C29H29ClF3N3O5/c1-40-24(38)16-17-2-4-18(5-3-17)19-8-12-22(13-9-19)35-23(37)14-15-34-27(39)25-26(29(31,32)33)41-28(36-25)20-6-10-21(30)11-7-20/h6-13,17-18H,2-5,14-16H2,1H3,(H,34,39)(H,35,37). The zero-order valence-corrected chi connectivity index (χ0v) is 23.0. The van der Waals surface area contributed by atoms with Crippen LogP contribution in [0.15, 0.2) is 52.9 Å². The van der Waals surface area contributed by atoms with Crippen LogP contribution in [0.1, 0.15) is 66.3 Å². The third-order valence-electron chi connectivity index (χ3n) is 7.02. The molecule has 4 rings (SSSR count). The van der Waals surface area contributed by atoms with E-state index in [9.17, 15) is 27.6 Å². The van der Waals surface area contributed by atoms with Crippen molar-refractivity contribution >= 4 is 35.1 Å². The zero-order chi connectivity index (χ0) is 29.6. The van der Waals surface area contributed by atoms with Gasteiger partial charge in [-0.25, -0.2) is 4.98 Å². The Morgan fingerprint density at radius 2 is 1.68 bits per heavy atom. The number of methoxy groups -OCH3 is 1. The van der Waals surface area contributed by atoms with E-state index in [0.29, 0.717) is 29.0 Å². The van der Waals surface area contributed by atoms with E-state index in [4.69, 9.17) is 20.8 Å². The Balaban J connectivity index is 1.27. The second kappa shape index (κ2) is 13.2. The number of esters is 1. The number of nitrogens with one attached hydrogen (secondary N) is 2. The summed E-state index contributed by atoms with van der Waals surface area (Å²) >= 11 is 5.81. The number of oxazole rings is 1. The maximum absolute atomic E-state index is 13.5. The van der Waals surface area contributed by atoms with Crippen molar-refractivity contribution in [3.8, 4) is 11.5 Å². The minimum Gasteiger partial charge on any atom is -0.469 e. The molecule has 0 unspecified atom stereocenters. The van der Waals surface area contributed by atoms with Crippen molar-refractivity contribution in [3.05, 3.63) is 70.6 Å². The van der Waals surface area contributed by atoms with Crippen LogP contribution in [0.4, 0.5) is 18.9 Å². The Morgan fingerprint density at radius 3 is 2.29 bits per heavy atom. The molecule has 2 amide bonds. The number of carbonyl (C=O) groups excluding carboxylic acids is 3. The minimum absolute atomic E-state index is 0.166. The maximum atomic E-state index is 13.5. The minimum atomic E-state index is -4.95. The first-order valence-electron chi connectivity index (χ1n) is 13.1. The van der Waals surface area contributed by atoms with Crippen LogP contribution < -0.4 is 10.6 Å². The molecule has 1 aliphatic rings. The molecule has 0 bridgehead atoms. The van der Waals surface area contributed by atoms with Gasteiger partial charge in [0.05, 0.1) is 7.11 Å². The Hall–Kier alpha value is -3.86. The summed E-state index contributed by atoms with van der Waals surface area (Å²) in [5.41, 5.74) is 1.01. The van der Waals surface area contributed by atoms with Gasteiger partial charge in [-0.15, -0.1) is 0 Å². The summed E-state index contributed by atoms with van der Waals surface area (Å²) in [7, 11) is 1.40. The molecule has 8 nitrogen and oxygen atoms in total. The van der Waals surface area contributed by atoms with Crippen LogP contribution in [0.25, 0.3) is 11.5 Å². The van der Waals surface area contributed by atoms with E-state index in [0.717, 1.165) is 31.2 Å². The Bertz CT molecular complexity index is 1370. The molecule has 12 heteroatoms. The normalized spacial score (nSPS) is 17.1. The van der Waals surface area contributed by atoms with Crippen molar-refractivity contribution in [1.82, 2.24) is 10.3 Å². The molecular formula is C29H29ClF3N3O5. The highest BCUT2D eigenvalue weighted by molar-refractivity contribution is 6.30. The second-order valence-electron chi connectivity index (χ2n) is 9.88. The van der Waals surface area contributed by atoms with Crippen molar-refractivity contribution in [2.75, 3.05) is 19.0 Å². The van der Waals surface area contributed by atoms with Crippen LogP contribution in [0.3, 0.4) is 0 Å². The summed E-state index contributed by atoms with van der Waals surface area (Å²) in [6.45, 7) is -0.210. The van der Waals surface area contributed by atoms with E-state index in [1.54, 1.807) is 12.1 Å². The van der Waals surface area contributed by atoms with Crippen molar-refractivity contribution in [3.63, 3.8) is 0 Å². The molecule has 2 N–H and O–H groups in total. The monoisotopic (exact) mass is 591 g/mol. The Labute approximate surface area is 239 Å². The van der Waals surface area contributed by atoms with Crippen LogP contribution in [-0.4, -0.2) is 36.4 Å². The summed E-state index contributed by atoms with van der Waals surface area (Å²) in [5, 5.41) is 5.40. The Kier molecular flexibility index (Phi) is 9.69. The number of halogens is 4. The van der Waals surface area contributed by atoms with E-state index in [1.807, 2.05) is 12.1 Å². The molecule has 2 aromatic carbocycles. The number of aromatic nitrogens is 1. The van der Waals surface area contributed by atoms with Gasteiger partial charge in [-0.3, -0.25) is 14.4 Å². The van der Waals surface area contributed by atoms with E-state index in [1.165, 1.54) is 31.4 Å².